The number of nitrogens with one attached hydrogen (secondary N) is 1. The van der Waals surface area contributed by atoms with E-state index in [1.165, 1.54) is 17.3 Å². The highest BCUT2D eigenvalue weighted by Crippen LogP contribution is 2.25. The van der Waals surface area contributed by atoms with Crippen molar-refractivity contribution >= 4 is 29.2 Å². The standard InChI is InChI=1S/C17H19ClN4O3/c18-13-6-7-15(22-11-19-10-20-22)14(8-13)21-16(23)9-25-17(24)12-4-2-1-3-5-12/h6-8,10-12H,1-5,9H2,(H,21,23). The minimum Gasteiger partial charge on any atom is -0.455 e. The van der Waals surface area contributed by atoms with Crippen LogP contribution in [0.25, 0.3) is 5.69 Å². The Morgan fingerprint density at radius 3 is 2.80 bits per heavy atom. The Bertz CT molecular complexity index is 742. The number of carbonyl (C=O) groups excluding carboxylic acids is 2. The van der Waals surface area contributed by atoms with Crippen LogP contribution in [0, 0.1) is 5.92 Å². The number of benzene rings is 1. The smallest absolute Gasteiger partial charge is 0.309 e. The van der Waals surface area contributed by atoms with Crippen molar-refractivity contribution in [3.8, 4) is 5.69 Å². The van der Waals surface area contributed by atoms with Gasteiger partial charge >= 0.3 is 5.97 Å². The first-order chi connectivity index (χ1) is 12.1. The summed E-state index contributed by atoms with van der Waals surface area (Å²) in [6.45, 7) is -0.321. The molecule has 1 N–H and O–H groups in total. The first kappa shape index (κ1) is 17.4. The summed E-state index contributed by atoms with van der Waals surface area (Å²) < 4.78 is 6.67. The quantitative estimate of drug-likeness (QED) is 0.826. The molecule has 8 heteroatoms. The van der Waals surface area contributed by atoms with E-state index in [0.717, 1.165) is 32.1 Å². The van der Waals surface area contributed by atoms with Crippen LogP contribution >= 0.6 is 11.6 Å². The van der Waals surface area contributed by atoms with E-state index < -0.39 is 5.91 Å². The lowest BCUT2D eigenvalue weighted by Gasteiger charge is -2.19. The lowest BCUT2D eigenvalue weighted by molar-refractivity contribution is -0.152. The molecule has 1 heterocycles. The number of hydrogen-bond donors (Lipinski definition) is 1. The van der Waals surface area contributed by atoms with Gasteiger partial charge in [0.15, 0.2) is 6.61 Å². The largest absolute Gasteiger partial charge is 0.455 e. The fourth-order valence-electron chi connectivity index (χ4n) is 2.92. The Morgan fingerprint density at radius 1 is 1.28 bits per heavy atom. The third kappa shape index (κ3) is 4.57. The molecule has 25 heavy (non-hydrogen) atoms. The van der Waals surface area contributed by atoms with Crippen LogP contribution in [0.3, 0.4) is 0 Å². The average Bonchev–Trinajstić information content (AvgIpc) is 3.15. The molecule has 0 aliphatic heterocycles. The molecule has 1 fully saturated rings. The van der Waals surface area contributed by atoms with Crippen molar-refractivity contribution in [2.75, 3.05) is 11.9 Å². The van der Waals surface area contributed by atoms with Crippen molar-refractivity contribution in [1.29, 1.82) is 0 Å². The fraction of sp³-hybridized carbons (Fsp3) is 0.412. The Balaban J connectivity index is 1.61. The summed E-state index contributed by atoms with van der Waals surface area (Å²) >= 11 is 6.01. The molecule has 132 valence electrons. The molecule has 7 nitrogen and oxygen atoms in total. The monoisotopic (exact) mass is 362 g/mol. The summed E-state index contributed by atoms with van der Waals surface area (Å²) in [6.07, 6.45) is 7.82. The van der Waals surface area contributed by atoms with Crippen molar-refractivity contribution in [2.45, 2.75) is 32.1 Å². The van der Waals surface area contributed by atoms with Gasteiger partial charge in [0.25, 0.3) is 5.91 Å². The number of carbonyl (C=O) groups is 2. The van der Waals surface area contributed by atoms with E-state index in [4.69, 9.17) is 16.3 Å². The predicted molar refractivity (Wildman–Crippen MR) is 92.5 cm³/mol. The number of nitrogens with zero attached hydrogens (tertiary/aromatic N) is 3. The number of esters is 1. The molecule has 1 amide bonds. The van der Waals surface area contributed by atoms with Crippen LogP contribution in [0.15, 0.2) is 30.9 Å². The summed E-state index contributed by atoms with van der Waals surface area (Å²) in [5.74, 6) is -0.802. The molecule has 1 saturated carbocycles. The summed E-state index contributed by atoms with van der Waals surface area (Å²) in [6, 6.07) is 5.03. The fourth-order valence-corrected chi connectivity index (χ4v) is 3.09. The molecule has 0 radical (unpaired) electrons. The van der Waals surface area contributed by atoms with Gasteiger partial charge in [0.2, 0.25) is 0 Å². The summed E-state index contributed by atoms with van der Waals surface area (Å²) in [4.78, 5) is 28.1. The SMILES string of the molecule is O=C(COC(=O)C1CCCCC1)Nc1cc(Cl)ccc1-n1cncn1. The second kappa shape index (κ2) is 8.11. The van der Waals surface area contributed by atoms with Crippen LogP contribution in [-0.4, -0.2) is 33.2 Å². The third-order valence-corrected chi connectivity index (χ3v) is 4.42. The van der Waals surface area contributed by atoms with Gasteiger partial charge in [0.1, 0.15) is 12.7 Å². The normalized spacial score (nSPS) is 14.9. The second-order valence-corrected chi connectivity index (χ2v) is 6.43. The zero-order chi connectivity index (χ0) is 17.6. The first-order valence-electron chi connectivity index (χ1n) is 8.24. The highest BCUT2D eigenvalue weighted by atomic mass is 35.5. The van der Waals surface area contributed by atoms with Crippen molar-refractivity contribution in [1.82, 2.24) is 14.8 Å². The zero-order valence-corrected chi connectivity index (χ0v) is 14.4. The number of ether oxygens (including phenoxy) is 1. The van der Waals surface area contributed by atoms with E-state index in [9.17, 15) is 9.59 Å². The van der Waals surface area contributed by atoms with E-state index in [0.29, 0.717) is 16.4 Å². The number of rotatable bonds is 5. The van der Waals surface area contributed by atoms with Crippen molar-refractivity contribution in [3.05, 3.63) is 35.9 Å². The molecule has 0 unspecified atom stereocenters. The third-order valence-electron chi connectivity index (χ3n) is 4.18. The summed E-state index contributed by atoms with van der Waals surface area (Å²) in [5, 5.41) is 7.22. The van der Waals surface area contributed by atoms with Crippen LogP contribution in [0.1, 0.15) is 32.1 Å². The predicted octanol–water partition coefficient (Wildman–Crippen LogP) is 2.98. The highest BCUT2D eigenvalue weighted by Gasteiger charge is 2.23. The first-order valence-corrected chi connectivity index (χ1v) is 8.62. The Hall–Kier alpha value is -2.41. The van der Waals surface area contributed by atoms with E-state index in [2.05, 4.69) is 15.4 Å². The van der Waals surface area contributed by atoms with Gasteiger partial charge in [-0.15, -0.1) is 0 Å². The van der Waals surface area contributed by atoms with Gasteiger partial charge < -0.3 is 10.1 Å². The molecule has 1 aromatic heterocycles. The Morgan fingerprint density at radius 2 is 2.08 bits per heavy atom. The maximum atomic E-state index is 12.2. The van der Waals surface area contributed by atoms with Crippen molar-refractivity contribution in [3.63, 3.8) is 0 Å². The molecule has 2 aromatic rings. The molecule has 0 spiro atoms. The lowest BCUT2D eigenvalue weighted by Crippen LogP contribution is -2.26. The van der Waals surface area contributed by atoms with Crippen LogP contribution in [0.2, 0.25) is 5.02 Å². The molecule has 0 atom stereocenters. The molecule has 1 aliphatic rings. The zero-order valence-electron chi connectivity index (χ0n) is 13.7. The lowest BCUT2D eigenvalue weighted by atomic mass is 9.89. The summed E-state index contributed by atoms with van der Waals surface area (Å²) in [7, 11) is 0. The minimum absolute atomic E-state index is 0.0848. The number of halogens is 1. The maximum Gasteiger partial charge on any atom is 0.309 e. The summed E-state index contributed by atoms with van der Waals surface area (Å²) in [5.41, 5.74) is 1.09. The molecule has 3 rings (SSSR count). The van der Waals surface area contributed by atoms with E-state index >= 15 is 0 Å². The molecule has 1 aromatic carbocycles. The van der Waals surface area contributed by atoms with Gasteiger partial charge in [-0.1, -0.05) is 30.9 Å². The van der Waals surface area contributed by atoms with E-state index in [1.807, 2.05) is 0 Å². The molecule has 0 bridgehead atoms. The molecular formula is C17H19ClN4O3. The minimum atomic E-state index is -0.423. The van der Waals surface area contributed by atoms with Gasteiger partial charge in [-0.2, -0.15) is 5.10 Å². The Labute approximate surface area is 150 Å². The van der Waals surface area contributed by atoms with Crippen molar-refractivity contribution < 1.29 is 14.3 Å². The molecule has 0 saturated heterocycles. The maximum absolute atomic E-state index is 12.2. The van der Waals surface area contributed by atoms with Crippen LogP contribution in [0.5, 0.6) is 0 Å². The second-order valence-electron chi connectivity index (χ2n) is 5.99. The van der Waals surface area contributed by atoms with Crippen LogP contribution in [0.4, 0.5) is 5.69 Å². The van der Waals surface area contributed by atoms with E-state index in [1.54, 1.807) is 18.2 Å². The van der Waals surface area contributed by atoms with Gasteiger partial charge in [0.05, 0.1) is 17.3 Å². The van der Waals surface area contributed by atoms with Gasteiger partial charge in [0, 0.05) is 5.02 Å². The Kier molecular flexibility index (Phi) is 5.65. The number of amides is 1. The van der Waals surface area contributed by atoms with Crippen molar-refractivity contribution in [2.24, 2.45) is 5.92 Å². The van der Waals surface area contributed by atoms with Gasteiger partial charge in [-0.05, 0) is 31.0 Å². The van der Waals surface area contributed by atoms with Crippen LogP contribution < -0.4 is 5.32 Å². The number of anilines is 1. The van der Waals surface area contributed by atoms with Crippen LogP contribution in [-0.2, 0) is 14.3 Å². The number of aromatic nitrogens is 3. The van der Waals surface area contributed by atoms with Gasteiger partial charge in [-0.25, -0.2) is 9.67 Å². The molecule has 1 aliphatic carbocycles. The van der Waals surface area contributed by atoms with Gasteiger partial charge in [-0.3, -0.25) is 9.59 Å². The molecular weight excluding hydrogens is 344 g/mol. The highest BCUT2D eigenvalue weighted by molar-refractivity contribution is 6.31. The topological polar surface area (TPSA) is 86.1 Å². The van der Waals surface area contributed by atoms with E-state index in [-0.39, 0.29) is 18.5 Å². The number of hydrogen-bond acceptors (Lipinski definition) is 5. The average molecular weight is 363 g/mol.